The largest absolute Gasteiger partial charge is 0.369 e. The molecule has 1 aliphatic heterocycles. The van der Waals surface area contributed by atoms with Crippen molar-refractivity contribution in [2.24, 2.45) is 5.92 Å². The van der Waals surface area contributed by atoms with Crippen molar-refractivity contribution in [3.05, 3.63) is 29.8 Å². The lowest BCUT2D eigenvalue weighted by Gasteiger charge is -2.38. The lowest BCUT2D eigenvalue weighted by atomic mass is 9.90. The molecule has 2 saturated carbocycles. The van der Waals surface area contributed by atoms with Gasteiger partial charge in [-0.1, -0.05) is 43.9 Å². The molecule has 0 amide bonds. The molecule has 1 heterocycles. The van der Waals surface area contributed by atoms with E-state index in [1.807, 2.05) is 0 Å². The summed E-state index contributed by atoms with van der Waals surface area (Å²) < 4.78 is 0. The molecule has 0 N–H and O–H groups in total. The molecule has 1 aromatic carbocycles. The fraction of sp³-hybridized carbons (Fsp3) is 0.714. The SMILES string of the molecule is Cl.c1ccc(N2CCN(CC3CC3)CC2)c(C2CCCCCC2)c1. The van der Waals surface area contributed by atoms with Crippen molar-refractivity contribution in [1.29, 1.82) is 0 Å². The van der Waals surface area contributed by atoms with Gasteiger partial charge in [0.25, 0.3) is 0 Å². The van der Waals surface area contributed by atoms with Crippen LogP contribution in [0.3, 0.4) is 0 Å². The van der Waals surface area contributed by atoms with Crippen LogP contribution in [-0.2, 0) is 0 Å². The van der Waals surface area contributed by atoms with E-state index >= 15 is 0 Å². The highest BCUT2D eigenvalue weighted by molar-refractivity contribution is 5.85. The van der Waals surface area contributed by atoms with Gasteiger partial charge in [0, 0.05) is 38.4 Å². The summed E-state index contributed by atoms with van der Waals surface area (Å²) in [6, 6.07) is 9.30. The molecule has 0 atom stereocenters. The van der Waals surface area contributed by atoms with Gasteiger partial charge in [0.2, 0.25) is 0 Å². The summed E-state index contributed by atoms with van der Waals surface area (Å²) in [7, 11) is 0. The van der Waals surface area contributed by atoms with Crippen molar-refractivity contribution in [2.45, 2.75) is 57.3 Å². The summed E-state index contributed by atoms with van der Waals surface area (Å²) in [5, 5.41) is 0. The van der Waals surface area contributed by atoms with E-state index in [1.54, 1.807) is 11.3 Å². The Morgan fingerprint density at radius 2 is 1.46 bits per heavy atom. The van der Waals surface area contributed by atoms with Gasteiger partial charge in [-0.15, -0.1) is 12.4 Å². The number of nitrogens with zero attached hydrogens (tertiary/aromatic N) is 2. The van der Waals surface area contributed by atoms with Crippen molar-refractivity contribution in [3.63, 3.8) is 0 Å². The first-order chi connectivity index (χ1) is 11.4. The van der Waals surface area contributed by atoms with Crippen molar-refractivity contribution >= 4 is 18.1 Å². The first-order valence-corrected chi connectivity index (χ1v) is 9.96. The van der Waals surface area contributed by atoms with Gasteiger partial charge in [-0.2, -0.15) is 0 Å². The molecule has 2 nitrogen and oxygen atoms in total. The first kappa shape index (κ1) is 18.1. The lowest BCUT2D eigenvalue weighted by molar-refractivity contribution is 0.248. The molecule has 1 aromatic rings. The van der Waals surface area contributed by atoms with Crippen LogP contribution in [0.25, 0.3) is 0 Å². The standard InChI is InChI=1S/C21H32N2.ClH/c1-2-4-8-19(7-3-1)20-9-5-6-10-21(20)23-15-13-22(14-16-23)17-18-11-12-18;/h5-6,9-10,18-19H,1-4,7-8,11-17H2;1H. The van der Waals surface area contributed by atoms with Crippen LogP contribution < -0.4 is 4.90 Å². The zero-order valence-corrected chi connectivity index (χ0v) is 15.8. The monoisotopic (exact) mass is 348 g/mol. The number of rotatable bonds is 4. The second-order valence-corrected chi connectivity index (χ2v) is 7.98. The van der Waals surface area contributed by atoms with E-state index in [0.717, 1.165) is 11.8 Å². The van der Waals surface area contributed by atoms with Gasteiger partial charge in [-0.25, -0.2) is 0 Å². The van der Waals surface area contributed by atoms with Gasteiger partial charge in [-0.05, 0) is 49.1 Å². The third-order valence-electron chi connectivity index (χ3n) is 6.16. The molecular formula is C21H33ClN2. The van der Waals surface area contributed by atoms with Crippen LogP contribution in [0.5, 0.6) is 0 Å². The van der Waals surface area contributed by atoms with E-state index in [1.165, 1.54) is 84.1 Å². The normalized spacial score (nSPS) is 23.6. The molecule has 0 unspecified atom stereocenters. The number of piperazine rings is 1. The van der Waals surface area contributed by atoms with Crippen LogP contribution in [0.1, 0.15) is 62.8 Å². The van der Waals surface area contributed by atoms with Gasteiger partial charge in [-0.3, -0.25) is 4.90 Å². The fourth-order valence-corrected chi connectivity index (χ4v) is 4.55. The van der Waals surface area contributed by atoms with Gasteiger partial charge < -0.3 is 4.90 Å². The Hall–Kier alpha value is -0.730. The number of benzene rings is 1. The van der Waals surface area contributed by atoms with E-state index in [2.05, 4.69) is 34.1 Å². The maximum Gasteiger partial charge on any atom is 0.0402 e. The maximum atomic E-state index is 2.70. The zero-order chi connectivity index (χ0) is 15.5. The van der Waals surface area contributed by atoms with Gasteiger partial charge in [0.1, 0.15) is 0 Å². The molecule has 24 heavy (non-hydrogen) atoms. The molecule has 0 spiro atoms. The van der Waals surface area contributed by atoms with Crippen LogP contribution in [0.15, 0.2) is 24.3 Å². The minimum atomic E-state index is 0. The summed E-state index contributed by atoms with van der Waals surface area (Å²) in [5.41, 5.74) is 3.19. The van der Waals surface area contributed by atoms with E-state index < -0.39 is 0 Å². The van der Waals surface area contributed by atoms with Crippen LogP contribution in [-0.4, -0.2) is 37.6 Å². The molecule has 3 heteroatoms. The van der Waals surface area contributed by atoms with E-state index in [0.29, 0.717) is 0 Å². The van der Waals surface area contributed by atoms with E-state index in [4.69, 9.17) is 0 Å². The zero-order valence-electron chi connectivity index (χ0n) is 15.0. The average molecular weight is 349 g/mol. The third kappa shape index (κ3) is 4.46. The number of para-hydroxylation sites is 1. The molecule has 3 fully saturated rings. The molecule has 4 rings (SSSR count). The van der Waals surface area contributed by atoms with Crippen LogP contribution in [0.4, 0.5) is 5.69 Å². The third-order valence-corrected chi connectivity index (χ3v) is 6.16. The Morgan fingerprint density at radius 1 is 0.792 bits per heavy atom. The predicted molar refractivity (Wildman–Crippen MR) is 106 cm³/mol. The van der Waals surface area contributed by atoms with Gasteiger partial charge in [0.05, 0.1) is 0 Å². The van der Waals surface area contributed by atoms with Crippen molar-refractivity contribution in [3.8, 4) is 0 Å². The molecule has 2 aliphatic carbocycles. The summed E-state index contributed by atoms with van der Waals surface area (Å²) in [6.07, 6.45) is 11.5. The van der Waals surface area contributed by atoms with Crippen LogP contribution in [0, 0.1) is 5.92 Å². The minimum Gasteiger partial charge on any atom is -0.369 e. The van der Waals surface area contributed by atoms with Crippen LogP contribution >= 0.6 is 12.4 Å². The minimum absolute atomic E-state index is 0. The molecule has 134 valence electrons. The topological polar surface area (TPSA) is 6.48 Å². The van der Waals surface area contributed by atoms with Crippen molar-refractivity contribution < 1.29 is 0 Å². The Balaban J connectivity index is 0.00000169. The lowest BCUT2D eigenvalue weighted by Crippen LogP contribution is -2.47. The average Bonchev–Trinajstić information content (AvgIpc) is 3.42. The van der Waals surface area contributed by atoms with E-state index in [-0.39, 0.29) is 12.4 Å². The highest BCUT2D eigenvalue weighted by atomic mass is 35.5. The van der Waals surface area contributed by atoms with Crippen molar-refractivity contribution in [1.82, 2.24) is 4.90 Å². The highest BCUT2D eigenvalue weighted by Gasteiger charge is 2.27. The van der Waals surface area contributed by atoms with E-state index in [9.17, 15) is 0 Å². The molecule has 3 aliphatic rings. The Morgan fingerprint density at radius 3 is 2.12 bits per heavy atom. The molecule has 0 radical (unpaired) electrons. The van der Waals surface area contributed by atoms with Gasteiger partial charge >= 0.3 is 0 Å². The second-order valence-electron chi connectivity index (χ2n) is 7.98. The predicted octanol–water partition coefficient (Wildman–Crippen LogP) is 5.08. The molecule has 1 saturated heterocycles. The number of hydrogen-bond donors (Lipinski definition) is 0. The molecule has 0 bridgehead atoms. The maximum absolute atomic E-state index is 2.70. The Labute approximate surface area is 154 Å². The molecule has 0 aromatic heterocycles. The van der Waals surface area contributed by atoms with Crippen molar-refractivity contribution in [2.75, 3.05) is 37.6 Å². The number of anilines is 1. The summed E-state index contributed by atoms with van der Waals surface area (Å²) in [4.78, 5) is 5.37. The Kier molecular flexibility index (Phi) is 6.46. The summed E-state index contributed by atoms with van der Waals surface area (Å²) >= 11 is 0. The quantitative estimate of drug-likeness (QED) is 0.700. The first-order valence-electron chi connectivity index (χ1n) is 9.96. The molecular weight excluding hydrogens is 316 g/mol. The van der Waals surface area contributed by atoms with Crippen LogP contribution in [0.2, 0.25) is 0 Å². The fourth-order valence-electron chi connectivity index (χ4n) is 4.55. The highest BCUT2D eigenvalue weighted by Crippen LogP contribution is 2.37. The second kappa shape index (κ2) is 8.58. The van der Waals surface area contributed by atoms with Gasteiger partial charge in [0.15, 0.2) is 0 Å². The number of halogens is 1. The number of hydrogen-bond acceptors (Lipinski definition) is 2. The summed E-state index contributed by atoms with van der Waals surface area (Å²) in [5.74, 6) is 1.83. The Bertz CT molecular complexity index is 498. The smallest absolute Gasteiger partial charge is 0.0402 e. The summed E-state index contributed by atoms with van der Waals surface area (Å²) in [6.45, 7) is 6.32.